The van der Waals surface area contributed by atoms with Crippen molar-refractivity contribution in [1.29, 1.82) is 0 Å². The van der Waals surface area contributed by atoms with E-state index in [4.69, 9.17) is 5.73 Å². The first-order valence-corrected chi connectivity index (χ1v) is 16.0. The summed E-state index contributed by atoms with van der Waals surface area (Å²) in [6, 6.07) is 28.3. The number of amides is 3. The number of nitrogens with two attached hydrogens (primary N) is 1. The number of H-pyrrole nitrogens is 1. The molecule has 5 rings (SSSR count). The fraction of sp³-hybridized carbons (Fsp3) is 0.263. The van der Waals surface area contributed by atoms with Gasteiger partial charge in [0.2, 0.25) is 17.7 Å². The first-order chi connectivity index (χ1) is 22.8. The van der Waals surface area contributed by atoms with E-state index < -0.39 is 29.9 Å². The Hall–Kier alpha value is -5.28. The van der Waals surface area contributed by atoms with Gasteiger partial charge in [-0.1, -0.05) is 91.0 Å². The van der Waals surface area contributed by atoms with Crippen LogP contribution in [-0.2, 0) is 38.4 Å². The minimum Gasteiger partial charge on any atom is -0.361 e. The molecular weight excluding hydrogens is 590 g/mol. The number of ketones is 1. The van der Waals surface area contributed by atoms with Crippen molar-refractivity contribution >= 4 is 45.2 Å². The summed E-state index contributed by atoms with van der Waals surface area (Å²) in [5.74, 6) is -1.48. The molecule has 3 unspecified atom stereocenters. The highest BCUT2D eigenvalue weighted by molar-refractivity contribution is 5.95. The molecule has 0 aliphatic carbocycles. The van der Waals surface area contributed by atoms with Crippen molar-refractivity contribution in [1.82, 2.24) is 20.9 Å². The van der Waals surface area contributed by atoms with Crippen molar-refractivity contribution in [3.05, 3.63) is 120 Å². The van der Waals surface area contributed by atoms with Crippen molar-refractivity contribution in [3.63, 3.8) is 0 Å². The fourth-order valence-corrected chi connectivity index (χ4v) is 5.76. The van der Waals surface area contributed by atoms with Gasteiger partial charge in [-0.3, -0.25) is 19.2 Å². The van der Waals surface area contributed by atoms with E-state index in [0.29, 0.717) is 19.4 Å². The number of aromatic nitrogens is 1. The monoisotopic (exact) mass is 631 g/mol. The van der Waals surface area contributed by atoms with Crippen molar-refractivity contribution < 1.29 is 19.2 Å². The van der Waals surface area contributed by atoms with Crippen molar-refractivity contribution in [2.24, 2.45) is 5.73 Å². The van der Waals surface area contributed by atoms with Crippen LogP contribution in [0.15, 0.2) is 103 Å². The summed E-state index contributed by atoms with van der Waals surface area (Å²) in [6.45, 7) is 1.79. The molecule has 0 aliphatic rings. The Morgan fingerprint density at radius 3 is 2.06 bits per heavy atom. The molecule has 0 aliphatic heterocycles. The second-order valence-electron chi connectivity index (χ2n) is 11.9. The molecule has 9 nitrogen and oxygen atoms in total. The van der Waals surface area contributed by atoms with E-state index in [2.05, 4.69) is 20.9 Å². The molecule has 0 saturated heterocycles. The average molecular weight is 632 g/mol. The lowest BCUT2D eigenvalue weighted by Gasteiger charge is -2.25. The normalized spacial score (nSPS) is 13.1. The summed E-state index contributed by atoms with van der Waals surface area (Å²) in [5, 5.41) is 11.7. The number of carbonyl (C=O) groups excluding carboxylic acids is 4. The van der Waals surface area contributed by atoms with Crippen LogP contribution in [0.1, 0.15) is 36.5 Å². The van der Waals surface area contributed by atoms with Crippen LogP contribution < -0.4 is 21.7 Å². The van der Waals surface area contributed by atoms with E-state index in [9.17, 15) is 19.2 Å². The number of rotatable bonds is 15. The molecule has 3 atom stereocenters. The molecule has 0 saturated carbocycles. The van der Waals surface area contributed by atoms with Crippen molar-refractivity contribution in [2.75, 3.05) is 6.54 Å². The molecule has 47 heavy (non-hydrogen) atoms. The smallest absolute Gasteiger partial charge is 0.243 e. The highest BCUT2D eigenvalue weighted by Gasteiger charge is 2.30. The minimum atomic E-state index is -1.03. The average Bonchev–Trinajstić information content (AvgIpc) is 3.49. The van der Waals surface area contributed by atoms with Crippen molar-refractivity contribution in [3.8, 4) is 0 Å². The van der Waals surface area contributed by atoms with E-state index >= 15 is 0 Å². The Morgan fingerprint density at radius 1 is 0.681 bits per heavy atom. The maximum absolute atomic E-state index is 14.0. The number of Topliss-reactive ketones (excluding diaryl/α,β-unsaturated/α-hetero) is 1. The summed E-state index contributed by atoms with van der Waals surface area (Å²) in [7, 11) is 0. The molecule has 0 radical (unpaired) electrons. The van der Waals surface area contributed by atoms with Gasteiger partial charge in [0.05, 0.1) is 6.04 Å². The van der Waals surface area contributed by atoms with Gasteiger partial charge in [-0.15, -0.1) is 0 Å². The quantitative estimate of drug-likeness (QED) is 0.118. The van der Waals surface area contributed by atoms with E-state index in [1.54, 1.807) is 0 Å². The molecule has 3 amide bonds. The lowest BCUT2D eigenvalue weighted by Crippen LogP contribution is -2.57. The van der Waals surface area contributed by atoms with E-state index in [1.165, 1.54) is 6.92 Å². The number of hydrogen-bond acceptors (Lipinski definition) is 5. The number of fused-ring (bicyclic) bond motifs is 2. The largest absolute Gasteiger partial charge is 0.361 e. The topological polar surface area (TPSA) is 146 Å². The summed E-state index contributed by atoms with van der Waals surface area (Å²) in [4.78, 5) is 56.7. The summed E-state index contributed by atoms with van der Waals surface area (Å²) in [5.41, 5.74) is 9.13. The third-order valence-corrected chi connectivity index (χ3v) is 8.34. The molecule has 0 spiro atoms. The zero-order chi connectivity index (χ0) is 33.2. The first-order valence-electron chi connectivity index (χ1n) is 16.0. The van der Waals surface area contributed by atoms with Crippen LogP contribution >= 0.6 is 0 Å². The minimum absolute atomic E-state index is 0.168. The van der Waals surface area contributed by atoms with E-state index in [0.717, 1.165) is 38.4 Å². The lowest BCUT2D eigenvalue weighted by molar-refractivity contribution is -0.133. The van der Waals surface area contributed by atoms with Crippen LogP contribution in [0.4, 0.5) is 0 Å². The Labute approximate surface area is 274 Å². The Kier molecular flexibility index (Phi) is 11.1. The van der Waals surface area contributed by atoms with Crippen LogP contribution in [0.3, 0.4) is 0 Å². The van der Waals surface area contributed by atoms with Gasteiger partial charge in [0, 0.05) is 36.4 Å². The number of benzene rings is 4. The van der Waals surface area contributed by atoms with Gasteiger partial charge in [-0.05, 0) is 59.8 Å². The van der Waals surface area contributed by atoms with Gasteiger partial charge >= 0.3 is 0 Å². The zero-order valence-corrected chi connectivity index (χ0v) is 26.5. The number of nitrogens with one attached hydrogen (secondary N) is 4. The van der Waals surface area contributed by atoms with Crippen LogP contribution in [0.2, 0.25) is 0 Å². The highest BCUT2D eigenvalue weighted by atomic mass is 16.2. The lowest BCUT2D eigenvalue weighted by atomic mass is 9.99. The Balaban J connectivity index is 1.41. The maximum atomic E-state index is 14.0. The van der Waals surface area contributed by atoms with Crippen molar-refractivity contribution in [2.45, 2.75) is 57.2 Å². The second-order valence-corrected chi connectivity index (χ2v) is 11.9. The standard InChI is InChI=1S/C38H41N5O4/c1-25(44)33(21-26-10-3-2-4-11-26)42-38(47)35(23-30-24-40-32-15-8-7-14-31(30)32)43-37(46)34(41-36(45)16-9-19-39)22-27-17-18-28-12-5-6-13-29(28)20-27/h2-8,10-15,17-18,20,24,33-35,40H,9,16,19,21-23,39H2,1H3,(H,41,45)(H,42,47)(H,43,46). The molecular formula is C38H41N5O4. The van der Waals surface area contributed by atoms with Crippen LogP contribution in [0.25, 0.3) is 21.7 Å². The Morgan fingerprint density at radius 2 is 1.32 bits per heavy atom. The number of hydrogen-bond donors (Lipinski definition) is 5. The van der Waals surface area contributed by atoms with Gasteiger partial charge in [0.1, 0.15) is 12.1 Å². The molecule has 1 aromatic heterocycles. The Bertz CT molecular complexity index is 1850. The number of carbonyl (C=O) groups is 4. The zero-order valence-electron chi connectivity index (χ0n) is 26.5. The predicted molar refractivity (Wildman–Crippen MR) is 185 cm³/mol. The third-order valence-electron chi connectivity index (χ3n) is 8.34. The summed E-state index contributed by atoms with van der Waals surface area (Å²) in [6.07, 6.45) is 3.19. The third kappa shape index (κ3) is 8.92. The number of para-hydroxylation sites is 1. The molecule has 0 bridgehead atoms. The highest BCUT2D eigenvalue weighted by Crippen LogP contribution is 2.20. The fourth-order valence-electron chi connectivity index (χ4n) is 5.76. The van der Waals surface area contributed by atoms with Gasteiger partial charge in [0.25, 0.3) is 0 Å². The molecule has 6 N–H and O–H groups in total. The van der Waals surface area contributed by atoms with Gasteiger partial charge in [-0.25, -0.2) is 0 Å². The van der Waals surface area contributed by atoms with Crippen LogP contribution in [0.5, 0.6) is 0 Å². The first kappa shape index (κ1) is 33.1. The van der Waals surface area contributed by atoms with E-state index in [-0.39, 0.29) is 31.0 Å². The van der Waals surface area contributed by atoms with Crippen LogP contribution in [0, 0.1) is 0 Å². The molecule has 5 aromatic rings. The molecule has 9 heteroatoms. The maximum Gasteiger partial charge on any atom is 0.243 e. The van der Waals surface area contributed by atoms with Crippen LogP contribution in [-0.4, -0.2) is 53.2 Å². The SMILES string of the molecule is CC(=O)C(Cc1ccccc1)NC(=O)C(Cc1c[nH]c2ccccc12)NC(=O)C(Cc1ccc2ccccc2c1)NC(=O)CCCN. The molecule has 1 heterocycles. The summed E-state index contributed by atoms with van der Waals surface area (Å²) >= 11 is 0. The van der Waals surface area contributed by atoms with Gasteiger partial charge < -0.3 is 26.7 Å². The summed E-state index contributed by atoms with van der Waals surface area (Å²) < 4.78 is 0. The molecule has 242 valence electrons. The molecule has 0 fully saturated rings. The molecule has 4 aromatic carbocycles. The van der Waals surface area contributed by atoms with E-state index in [1.807, 2.05) is 103 Å². The predicted octanol–water partition coefficient (Wildman–Crippen LogP) is 4.13. The van der Waals surface area contributed by atoms with Gasteiger partial charge in [0.15, 0.2) is 5.78 Å². The van der Waals surface area contributed by atoms with Gasteiger partial charge in [-0.2, -0.15) is 0 Å². The number of aromatic amines is 1. The second kappa shape index (κ2) is 15.8.